The number of carbonyl (C=O) groups is 1. The van der Waals surface area contributed by atoms with Crippen LogP contribution in [0.25, 0.3) is 10.9 Å². The van der Waals surface area contributed by atoms with Gasteiger partial charge in [0.1, 0.15) is 29.1 Å². The van der Waals surface area contributed by atoms with Crippen LogP contribution in [0.5, 0.6) is 11.5 Å². The number of fused-ring (bicyclic) bond motifs is 1. The molecule has 0 atom stereocenters. The molecule has 1 saturated heterocycles. The molecule has 8 nitrogen and oxygen atoms in total. The van der Waals surface area contributed by atoms with Gasteiger partial charge in [0.05, 0.1) is 24.9 Å². The zero-order chi connectivity index (χ0) is 23.5. The van der Waals surface area contributed by atoms with Crippen molar-refractivity contribution in [2.75, 3.05) is 32.1 Å². The maximum Gasteiger partial charge on any atom is 0.317 e. The van der Waals surface area contributed by atoms with Gasteiger partial charge < -0.3 is 19.9 Å². The Kier molecular flexibility index (Phi) is 6.75. The molecule has 11 heteroatoms. The molecule has 4 rings (SSSR count). The van der Waals surface area contributed by atoms with E-state index in [1.54, 1.807) is 12.1 Å². The van der Waals surface area contributed by atoms with Crippen molar-refractivity contribution in [2.24, 2.45) is 0 Å². The van der Waals surface area contributed by atoms with Crippen molar-refractivity contribution in [3.63, 3.8) is 0 Å². The maximum atomic E-state index is 14.4. The number of hydrogen-bond acceptors (Lipinski definition) is 7. The molecule has 2 heterocycles. The lowest BCUT2D eigenvalue weighted by Gasteiger charge is -2.31. The molecular weight excluding hydrogens is 458 g/mol. The monoisotopic (exact) mass is 478 g/mol. The van der Waals surface area contributed by atoms with E-state index in [0.29, 0.717) is 48.3 Å². The summed E-state index contributed by atoms with van der Waals surface area (Å²) in [6.45, 7) is 1.21. The molecule has 3 aromatic rings. The van der Waals surface area contributed by atoms with E-state index in [1.807, 2.05) is 4.90 Å². The smallest absolute Gasteiger partial charge is 0.317 e. The first-order chi connectivity index (χ1) is 15.9. The lowest BCUT2D eigenvalue weighted by molar-refractivity contribution is -0.138. The second kappa shape index (κ2) is 9.72. The molecule has 0 saturated carbocycles. The number of nitrogens with zero attached hydrogens (tertiary/aromatic N) is 3. The van der Waals surface area contributed by atoms with E-state index in [2.05, 4.69) is 15.3 Å². The highest BCUT2D eigenvalue weighted by molar-refractivity contribution is 6.31. The summed E-state index contributed by atoms with van der Waals surface area (Å²) in [5.74, 6) is -1.44. The number of carboxylic acid groups (broad SMARTS) is 1. The van der Waals surface area contributed by atoms with Crippen molar-refractivity contribution >= 4 is 40.0 Å². The predicted molar refractivity (Wildman–Crippen MR) is 118 cm³/mol. The lowest BCUT2D eigenvalue weighted by Crippen LogP contribution is -2.40. The Bertz CT molecular complexity index is 1190. The van der Waals surface area contributed by atoms with Gasteiger partial charge in [0.2, 0.25) is 0 Å². The molecule has 2 N–H and O–H groups in total. The average molecular weight is 479 g/mol. The third-order valence-corrected chi connectivity index (χ3v) is 5.74. The number of aromatic nitrogens is 2. The third kappa shape index (κ3) is 5.07. The van der Waals surface area contributed by atoms with E-state index in [9.17, 15) is 13.6 Å². The minimum Gasteiger partial charge on any atom is -0.493 e. The van der Waals surface area contributed by atoms with Gasteiger partial charge in [0.25, 0.3) is 0 Å². The van der Waals surface area contributed by atoms with Gasteiger partial charge in [-0.05, 0) is 31.0 Å². The zero-order valence-electron chi connectivity index (χ0n) is 17.6. The predicted octanol–water partition coefficient (Wildman–Crippen LogP) is 4.24. The van der Waals surface area contributed by atoms with E-state index < -0.39 is 22.6 Å². The van der Waals surface area contributed by atoms with Crippen molar-refractivity contribution in [3.05, 3.63) is 47.2 Å². The summed E-state index contributed by atoms with van der Waals surface area (Å²) in [4.78, 5) is 21.2. The van der Waals surface area contributed by atoms with E-state index in [4.69, 9.17) is 26.2 Å². The van der Waals surface area contributed by atoms with Crippen LogP contribution in [-0.4, -0.2) is 58.8 Å². The van der Waals surface area contributed by atoms with Crippen LogP contribution in [0.15, 0.2) is 30.6 Å². The quantitative estimate of drug-likeness (QED) is 0.487. The molecule has 1 fully saturated rings. The molecule has 0 aliphatic carbocycles. The topological polar surface area (TPSA) is 96.8 Å². The molecule has 0 radical (unpaired) electrons. The summed E-state index contributed by atoms with van der Waals surface area (Å²) < 4.78 is 39.5. The summed E-state index contributed by atoms with van der Waals surface area (Å²) in [5, 5.41) is 11.7. The standard InChI is InChI=1S/C22H21ClF2N4O4/c1-32-17-9-16-13(8-18(17)33-12-4-6-29(7-5-12)10-19(30)31)22(27-11-26-16)28-15-3-2-14(24)20(23)21(15)25/h2-3,8-9,11-12H,4-7,10H2,1H3,(H,30,31)(H,26,27,28). The summed E-state index contributed by atoms with van der Waals surface area (Å²) in [7, 11) is 1.51. The fourth-order valence-electron chi connectivity index (χ4n) is 3.72. The summed E-state index contributed by atoms with van der Waals surface area (Å²) in [6, 6.07) is 5.68. The molecule has 174 valence electrons. The molecule has 1 aromatic heterocycles. The summed E-state index contributed by atoms with van der Waals surface area (Å²) >= 11 is 5.68. The first-order valence-electron chi connectivity index (χ1n) is 10.2. The Morgan fingerprint density at radius 3 is 2.70 bits per heavy atom. The van der Waals surface area contributed by atoms with Gasteiger partial charge in [-0.1, -0.05) is 11.6 Å². The van der Waals surface area contributed by atoms with Crippen LogP contribution >= 0.6 is 11.6 Å². The number of benzene rings is 2. The van der Waals surface area contributed by atoms with Crippen LogP contribution < -0.4 is 14.8 Å². The molecule has 1 aliphatic rings. The number of nitrogens with one attached hydrogen (secondary N) is 1. The van der Waals surface area contributed by atoms with Crippen LogP contribution in [0.3, 0.4) is 0 Å². The van der Waals surface area contributed by atoms with Crippen LogP contribution in [0.2, 0.25) is 5.02 Å². The van der Waals surface area contributed by atoms with Crippen LogP contribution in [0.1, 0.15) is 12.8 Å². The van der Waals surface area contributed by atoms with Gasteiger partial charge in [-0.3, -0.25) is 9.69 Å². The summed E-state index contributed by atoms with van der Waals surface area (Å²) in [6.07, 6.45) is 2.50. The molecule has 0 amide bonds. The Morgan fingerprint density at radius 1 is 1.24 bits per heavy atom. The van der Waals surface area contributed by atoms with Gasteiger partial charge in [0, 0.05) is 24.5 Å². The zero-order valence-corrected chi connectivity index (χ0v) is 18.4. The molecular formula is C22H21ClF2N4O4. The number of halogens is 3. The average Bonchev–Trinajstić information content (AvgIpc) is 2.80. The first kappa shape index (κ1) is 22.9. The number of rotatable bonds is 7. The Labute approximate surface area is 193 Å². The van der Waals surface area contributed by atoms with Crippen LogP contribution in [0.4, 0.5) is 20.3 Å². The van der Waals surface area contributed by atoms with Gasteiger partial charge >= 0.3 is 5.97 Å². The molecule has 0 unspecified atom stereocenters. The Balaban J connectivity index is 1.61. The van der Waals surface area contributed by atoms with Crippen LogP contribution in [0, 0.1) is 11.6 Å². The highest BCUT2D eigenvalue weighted by Crippen LogP contribution is 2.37. The Morgan fingerprint density at radius 2 is 2.00 bits per heavy atom. The molecule has 0 spiro atoms. The highest BCUT2D eigenvalue weighted by atomic mass is 35.5. The number of piperidine rings is 1. The highest BCUT2D eigenvalue weighted by Gasteiger charge is 2.24. The SMILES string of the molecule is COc1cc2ncnc(Nc3ccc(F)c(Cl)c3F)c2cc1OC1CCN(CC(=O)O)CC1. The van der Waals surface area contributed by atoms with Gasteiger partial charge in [-0.25, -0.2) is 18.7 Å². The second-order valence-electron chi connectivity index (χ2n) is 7.58. The van der Waals surface area contributed by atoms with Crippen LogP contribution in [-0.2, 0) is 4.79 Å². The Hall–Kier alpha value is -3.24. The maximum absolute atomic E-state index is 14.4. The second-order valence-corrected chi connectivity index (χ2v) is 7.96. The number of likely N-dealkylation sites (tertiary alicyclic amines) is 1. The van der Waals surface area contributed by atoms with Gasteiger partial charge in [-0.15, -0.1) is 0 Å². The minimum absolute atomic E-state index is 0.00233. The number of carboxylic acids is 1. The molecule has 33 heavy (non-hydrogen) atoms. The first-order valence-corrected chi connectivity index (χ1v) is 10.6. The minimum atomic E-state index is -0.929. The number of anilines is 2. The van der Waals surface area contributed by atoms with E-state index in [-0.39, 0.29) is 24.2 Å². The number of ether oxygens (including phenoxy) is 2. The number of hydrogen-bond donors (Lipinski definition) is 2. The van der Waals surface area contributed by atoms with Gasteiger partial charge in [-0.2, -0.15) is 0 Å². The summed E-state index contributed by atoms with van der Waals surface area (Å²) in [5.41, 5.74) is 0.493. The lowest BCUT2D eigenvalue weighted by atomic mass is 10.1. The van der Waals surface area contributed by atoms with E-state index in [1.165, 1.54) is 19.5 Å². The van der Waals surface area contributed by atoms with Crippen molar-refractivity contribution in [1.29, 1.82) is 0 Å². The number of methoxy groups -OCH3 is 1. The van der Waals surface area contributed by atoms with Gasteiger partial charge in [0.15, 0.2) is 17.3 Å². The normalized spacial score (nSPS) is 14.9. The largest absolute Gasteiger partial charge is 0.493 e. The fraction of sp³-hybridized carbons (Fsp3) is 0.318. The molecule has 2 aromatic carbocycles. The molecule has 1 aliphatic heterocycles. The van der Waals surface area contributed by atoms with E-state index >= 15 is 0 Å². The number of aliphatic carboxylic acids is 1. The van der Waals surface area contributed by atoms with E-state index in [0.717, 1.165) is 6.07 Å². The fourth-order valence-corrected chi connectivity index (χ4v) is 3.89. The van der Waals surface area contributed by atoms with Crippen molar-refractivity contribution in [3.8, 4) is 11.5 Å². The molecule has 0 bridgehead atoms. The van der Waals surface area contributed by atoms with Crippen molar-refractivity contribution in [2.45, 2.75) is 18.9 Å². The third-order valence-electron chi connectivity index (χ3n) is 5.40. The van der Waals surface area contributed by atoms with Crippen molar-refractivity contribution in [1.82, 2.24) is 14.9 Å². The van der Waals surface area contributed by atoms with Crippen molar-refractivity contribution < 1.29 is 28.2 Å².